The number of rotatable bonds is 1. The van der Waals surface area contributed by atoms with Crippen molar-refractivity contribution in [3.63, 3.8) is 0 Å². The predicted octanol–water partition coefficient (Wildman–Crippen LogP) is -1.96. The summed E-state index contributed by atoms with van der Waals surface area (Å²) < 4.78 is 0. The average molecular weight is 104 g/mol. The van der Waals surface area contributed by atoms with Crippen LogP contribution in [0.25, 0.3) is 0 Å². The molecule has 0 aliphatic carbocycles. The Hall–Kier alpha value is -0.160. The first-order valence-corrected chi connectivity index (χ1v) is 1.98. The van der Waals surface area contributed by atoms with E-state index in [9.17, 15) is 0 Å². The summed E-state index contributed by atoms with van der Waals surface area (Å²) >= 11 is 0. The summed E-state index contributed by atoms with van der Waals surface area (Å²) in [5.74, 6) is -1.17. The zero-order chi connectivity index (χ0) is 6.08. The van der Waals surface area contributed by atoms with E-state index in [-0.39, 0.29) is 0 Å². The molecule has 7 heavy (non-hydrogen) atoms. The maximum Gasteiger partial charge on any atom is 0.175 e. The molecule has 0 aromatic heterocycles. The number of hydrogen-bond donors (Lipinski definition) is 3. The molecule has 4 heteroatoms. The Morgan fingerprint density at radius 1 is 1.14 bits per heavy atom. The van der Waals surface area contributed by atoms with Gasteiger partial charge in [-0.25, -0.2) is 0 Å². The summed E-state index contributed by atoms with van der Waals surface area (Å²) in [4.78, 5) is 1.52. The standard InChI is InChI=1S/C3H12N4/c1-7(2)3(4,5)6/h4-6H2,1-2H3. The van der Waals surface area contributed by atoms with Crippen molar-refractivity contribution < 1.29 is 0 Å². The zero-order valence-corrected chi connectivity index (χ0v) is 4.68. The molecule has 6 N–H and O–H groups in total. The summed E-state index contributed by atoms with van der Waals surface area (Å²) in [6.07, 6.45) is 0. The van der Waals surface area contributed by atoms with E-state index in [0.717, 1.165) is 0 Å². The van der Waals surface area contributed by atoms with Crippen LogP contribution in [0.3, 0.4) is 0 Å². The summed E-state index contributed by atoms with van der Waals surface area (Å²) in [6, 6.07) is 0. The topological polar surface area (TPSA) is 81.3 Å². The lowest BCUT2D eigenvalue weighted by Crippen LogP contribution is -2.67. The van der Waals surface area contributed by atoms with Crippen molar-refractivity contribution in [1.82, 2.24) is 4.90 Å². The Morgan fingerprint density at radius 2 is 1.29 bits per heavy atom. The molecule has 0 saturated heterocycles. The molecule has 0 aliphatic rings. The predicted molar refractivity (Wildman–Crippen MR) is 29.0 cm³/mol. The lowest BCUT2D eigenvalue weighted by atomic mass is 10.6. The molecule has 0 aromatic carbocycles. The second-order valence-electron chi connectivity index (χ2n) is 1.78. The quantitative estimate of drug-likeness (QED) is 0.337. The largest absolute Gasteiger partial charge is 0.288 e. The van der Waals surface area contributed by atoms with Crippen LogP contribution in [0.2, 0.25) is 0 Å². The van der Waals surface area contributed by atoms with Crippen molar-refractivity contribution in [2.45, 2.75) is 5.91 Å². The van der Waals surface area contributed by atoms with Crippen molar-refractivity contribution in [3.8, 4) is 0 Å². The van der Waals surface area contributed by atoms with Crippen LogP contribution in [0.15, 0.2) is 0 Å². The second kappa shape index (κ2) is 1.75. The minimum atomic E-state index is -1.17. The SMILES string of the molecule is CN(C)C(N)(N)N. The lowest BCUT2D eigenvalue weighted by molar-refractivity contribution is 0.174. The van der Waals surface area contributed by atoms with E-state index in [4.69, 9.17) is 17.2 Å². The lowest BCUT2D eigenvalue weighted by Gasteiger charge is -2.26. The Labute approximate surface area is 43.2 Å². The Morgan fingerprint density at radius 3 is 1.29 bits per heavy atom. The number of hydrogen-bond acceptors (Lipinski definition) is 4. The third kappa shape index (κ3) is 2.52. The molecule has 0 saturated carbocycles. The average Bonchev–Trinajstić information content (AvgIpc) is 1.31. The van der Waals surface area contributed by atoms with Gasteiger partial charge in [0.1, 0.15) is 0 Å². The van der Waals surface area contributed by atoms with E-state index >= 15 is 0 Å². The van der Waals surface area contributed by atoms with Gasteiger partial charge in [-0.2, -0.15) is 0 Å². The van der Waals surface area contributed by atoms with Crippen LogP contribution >= 0.6 is 0 Å². The first-order chi connectivity index (χ1) is 2.94. The first kappa shape index (κ1) is 6.84. The van der Waals surface area contributed by atoms with Gasteiger partial charge in [0.2, 0.25) is 0 Å². The number of nitrogens with zero attached hydrogens (tertiary/aromatic N) is 1. The van der Waals surface area contributed by atoms with E-state index in [1.165, 1.54) is 4.90 Å². The Bertz CT molecular complexity index is 52.4. The highest BCUT2D eigenvalue weighted by molar-refractivity contribution is 4.61. The minimum absolute atomic E-state index is 1.17. The van der Waals surface area contributed by atoms with Gasteiger partial charge in [0.25, 0.3) is 0 Å². The van der Waals surface area contributed by atoms with Gasteiger partial charge in [-0.15, -0.1) is 0 Å². The fourth-order valence-electron chi connectivity index (χ4n) is 0. The number of nitrogens with two attached hydrogens (primary N) is 3. The van der Waals surface area contributed by atoms with Crippen LogP contribution in [0.1, 0.15) is 0 Å². The van der Waals surface area contributed by atoms with E-state index in [2.05, 4.69) is 0 Å². The van der Waals surface area contributed by atoms with Gasteiger partial charge in [0.15, 0.2) is 5.91 Å². The fraction of sp³-hybridized carbons (Fsp3) is 1.00. The fourth-order valence-corrected chi connectivity index (χ4v) is 0. The molecule has 0 unspecified atom stereocenters. The van der Waals surface area contributed by atoms with Crippen molar-refractivity contribution in [1.29, 1.82) is 0 Å². The Kier molecular flexibility index (Phi) is 1.71. The molecule has 4 nitrogen and oxygen atoms in total. The maximum atomic E-state index is 5.16. The summed E-state index contributed by atoms with van der Waals surface area (Å²) in [5, 5.41) is 0. The molecule has 0 aromatic rings. The van der Waals surface area contributed by atoms with Crippen molar-refractivity contribution in [3.05, 3.63) is 0 Å². The molecular weight excluding hydrogens is 92.1 g/mol. The highest BCUT2D eigenvalue weighted by Crippen LogP contribution is 1.78. The third-order valence-electron chi connectivity index (χ3n) is 0.775. The molecule has 0 radical (unpaired) electrons. The van der Waals surface area contributed by atoms with Crippen LogP contribution in [-0.2, 0) is 0 Å². The summed E-state index contributed by atoms with van der Waals surface area (Å²) in [5.41, 5.74) is 15.5. The maximum absolute atomic E-state index is 5.16. The van der Waals surface area contributed by atoms with Crippen LogP contribution in [0.4, 0.5) is 0 Å². The second-order valence-corrected chi connectivity index (χ2v) is 1.78. The molecule has 0 amide bonds. The van der Waals surface area contributed by atoms with Gasteiger partial charge in [-0.05, 0) is 14.1 Å². The van der Waals surface area contributed by atoms with Crippen LogP contribution in [-0.4, -0.2) is 24.9 Å². The van der Waals surface area contributed by atoms with Gasteiger partial charge < -0.3 is 0 Å². The first-order valence-electron chi connectivity index (χ1n) is 1.98. The molecule has 0 heterocycles. The molecule has 0 atom stereocenters. The van der Waals surface area contributed by atoms with Gasteiger partial charge in [0, 0.05) is 0 Å². The van der Waals surface area contributed by atoms with Crippen molar-refractivity contribution >= 4 is 0 Å². The van der Waals surface area contributed by atoms with Crippen LogP contribution < -0.4 is 17.2 Å². The third-order valence-corrected chi connectivity index (χ3v) is 0.775. The van der Waals surface area contributed by atoms with Crippen LogP contribution in [0, 0.1) is 0 Å². The highest BCUT2D eigenvalue weighted by atomic mass is 15.4. The zero-order valence-electron chi connectivity index (χ0n) is 4.68. The molecule has 0 aliphatic heterocycles. The summed E-state index contributed by atoms with van der Waals surface area (Å²) in [7, 11) is 3.42. The van der Waals surface area contributed by atoms with Crippen molar-refractivity contribution in [2.75, 3.05) is 14.1 Å². The molecule has 0 rings (SSSR count). The Balaban J connectivity index is 3.54. The highest BCUT2D eigenvalue weighted by Gasteiger charge is 2.12. The minimum Gasteiger partial charge on any atom is -0.288 e. The molecule has 0 spiro atoms. The molecular formula is C3H12N4. The van der Waals surface area contributed by atoms with Gasteiger partial charge in [-0.1, -0.05) is 0 Å². The molecule has 0 fully saturated rings. The van der Waals surface area contributed by atoms with Gasteiger partial charge in [0.05, 0.1) is 0 Å². The van der Waals surface area contributed by atoms with Crippen LogP contribution in [0.5, 0.6) is 0 Å². The molecule has 44 valence electrons. The molecule has 0 bridgehead atoms. The van der Waals surface area contributed by atoms with Gasteiger partial charge >= 0.3 is 0 Å². The smallest absolute Gasteiger partial charge is 0.175 e. The summed E-state index contributed by atoms with van der Waals surface area (Å²) in [6.45, 7) is 0. The van der Waals surface area contributed by atoms with E-state index in [1.54, 1.807) is 14.1 Å². The van der Waals surface area contributed by atoms with Crippen molar-refractivity contribution in [2.24, 2.45) is 17.2 Å². The van der Waals surface area contributed by atoms with Gasteiger partial charge in [-0.3, -0.25) is 22.1 Å². The normalized spacial score (nSPS) is 12.9. The monoisotopic (exact) mass is 104 g/mol. The van der Waals surface area contributed by atoms with E-state index in [1.807, 2.05) is 0 Å². The van der Waals surface area contributed by atoms with E-state index in [0.29, 0.717) is 0 Å². The van der Waals surface area contributed by atoms with E-state index < -0.39 is 5.91 Å².